The number of nitrogens with zero attached hydrogens (tertiary/aromatic N) is 1. The van der Waals surface area contributed by atoms with E-state index < -0.39 is 5.91 Å². The highest BCUT2D eigenvalue weighted by Crippen LogP contribution is 2.24. The number of hydrogen-bond donors (Lipinski definition) is 2. The van der Waals surface area contributed by atoms with Crippen LogP contribution < -0.4 is 20.2 Å². The summed E-state index contributed by atoms with van der Waals surface area (Å²) in [6, 6.07) is 19.5. The van der Waals surface area contributed by atoms with E-state index in [1.165, 1.54) is 13.3 Å². The van der Waals surface area contributed by atoms with Gasteiger partial charge in [-0.15, -0.1) is 0 Å². The number of benzene rings is 3. The first-order valence-corrected chi connectivity index (χ1v) is 11.1. The van der Waals surface area contributed by atoms with E-state index in [0.29, 0.717) is 39.4 Å². The van der Waals surface area contributed by atoms with E-state index in [1.54, 1.807) is 48.5 Å². The van der Waals surface area contributed by atoms with Gasteiger partial charge in [0.25, 0.3) is 0 Å². The van der Waals surface area contributed by atoms with Gasteiger partial charge in [0.15, 0.2) is 0 Å². The smallest absolute Gasteiger partial charge is 0.240 e. The van der Waals surface area contributed by atoms with Gasteiger partial charge in [-0.3, -0.25) is 9.59 Å². The number of carbonyl (C=O) groups is 2. The van der Waals surface area contributed by atoms with Crippen LogP contribution in [0, 0.1) is 0 Å². The number of para-hydroxylation sites is 2. The Kier molecular flexibility index (Phi) is 9.31. The van der Waals surface area contributed by atoms with Crippen LogP contribution in [0.1, 0.15) is 24.0 Å². The molecular formula is C25H23Cl2N3O4. The number of amides is 2. The number of ether oxygens (including phenoxy) is 2. The molecule has 0 unspecified atom stereocenters. The Bertz CT molecular complexity index is 1180. The second-order valence-electron chi connectivity index (χ2n) is 7.14. The van der Waals surface area contributed by atoms with E-state index >= 15 is 0 Å². The number of hydrazone groups is 1. The molecule has 176 valence electrons. The van der Waals surface area contributed by atoms with Crippen molar-refractivity contribution in [2.75, 3.05) is 12.4 Å². The van der Waals surface area contributed by atoms with Crippen LogP contribution in [0.5, 0.6) is 11.5 Å². The van der Waals surface area contributed by atoms with Crippen LogP contribution in [0.2, 0.25) is 10.0 Å². The van der Waals surface area contributed by atoms with Gasteiger partial charge in [0.2, 0.25) is 11.8 Å². The first kappa shape index (κ1) is 25.1. The van der Waals surface area contributed by atoms with Crippen LogP contribution in [-0.2, 0) is 16.2 Å². The van der Waals surface area contributed by atoms with E-state index in [0.717, 1.165) is 5.56 Å². The maximum Gasteiger partial charge on any atom is 0.240 e. The van der Waals surface area contributed by atoms with Gasteiger partial charge in [-0.05, 0) is 48.0 Å². The Hall–Kier alpha value is -3.55. The number of anilines is 1. The lowest BCUT2D eigenvalue weighted by Crippen LogP contribution is -2.20. The van der Waals surface area contributed by atoms with Crippen molar-refractivity contribution in [2.24, 2.45) is 5.10 Å². The molecule has 0 aliphatic rings. The lowest BCUT2D eigenvalue weighted by atomic mass is 10.2. The quantitative estimate of drug-likeness (QED) is 0.286. The first-order chi connectivity index (χ1) is 16.4. The molecule has 3 aromatic carbocycles. The van der Waals surface area contributed by atoms with Crippen molar-refractivity contribution in [1.29, 1.82) is 0 Å². The monoisotopic (exact) mass is 499 g/mol. The van der Waals surface area contributed by atoms with Crippen molar-refractivity contribution >= 4 is 46.9 Å². The van der Waals surface area contributed by atoms with Gasteiger partial charge in [-0.1, -0.05) is 47.5 Å². The molecule has 2 amide bonds. The summed E-state index contributed by atoms with van der Waals surface area (Å²) in [6.07, 6.45) is 1.39. The third-order valence-electron chi connectivity index (χ3n) is 4.61. The minimum atomic E-state index is -0.408. The number of rotatable bonds is 10. The molecule has 2 N–H and O–H groups in total. The Morgan fingerprint density at radius 2 is 1.68 bits per heavy atom. The predicted octanol–water partition coefficient (Wildman–Crippen LogP) is 5.45. The molecule has 0 aromatic heterocycles. The number of halogens is 2. The highest BCUT2D eigenvalue weighted by molar-refractivity contribution is 6.31. The van der Waals surface area contributed by atoms with E-state index in [2.05, 4.69) is 15.8 Å². The zero-order valence-corrected chi connectivity index (χ0v) is 19.9. The minimum absolute atomic E-state index is 0.00936. The summed E-state index contributed by atoms with van der Waals surface area (Å²) in [5.74, 6) is 0.364. The number of methoxy groups -OCH3 is 1. The topological polar surface area (TPSA) is 89.0 Å². The van der Waals surface area contributed by atoms with Crippen molar-refractivity contribution in [1.82, 2.24) is 5.43 Å². The van der Waals surface area contributed by atoms with E-state index in [-0.39, 0.29) is 18.7 Å². The van der Waals surface area contributed by atoms with E-state index in [4.69, 9.17) is 32.7 Å². The first-order valence-electron chi connectivity index (χ1n) is 10.4. The third kappa shape index (κ3) is 7.79. The van der Waals surface area contributed by atoms with Crippen molar-refractivity contribution < 1.29 is 19.1 Å². The molecule has 0 aliphatic carbocycles. The van der Waals surface area contributed by atoms with Gasteiger partial charge in [-0.25, -0.2) is 5.43 Å². The average molecular weight is 500 g/mol. The van der Waals surface area contributed by atoms with E-state index in [9.17, 15) is 9.59 Å². The molecule has 0 saturated carbocycles. The highest BCUT2D eigenvalue weighted by Gasteiger charge is 2.10. The van der Waals surface area contributed by atoms with Crippen LogP contribution in [0.15, 0.2) is 71.8 Å². The number of nitrogens with one attached hydrogen (secondary N) is 2. The molecule has 0 fully saturated rings. The Morgan fingerprint density at radius 3 is 2.47 bits per heavy atom. The van der Waals surface area contributed by atoms with Gasteiger partial charge in [0.1, 0.15) is 18.1 Å². The van der Waals surface area contributed by atoms with Crippen molar-refractivity contribution in [3.63, 3.8) is 0 Å². The summed E-state index contributed by atoms with van der Waals surface area (Å²) in [4.78, 5) is 24.3. The lowest BCUT2D eigenvalue weighted by molar-refractivity contribution is -0.124. The molecule has 0 saturated heterocycles. The summed E-state index contributed by atoms with van der Waals surface area (Å²) in [5, 5.41) is 7.81. The fourth-order valence-electron chi connectivity index (χ4n) is 2.96. The zero-order chi connectivity index (χ0) is 24.3. The average Bonchev–Trinajstić information content (AvgIpc) is 2.82. The standard InChI is InChI=1S/C25H23Cl2N3O4/c1-33-23-8-3-2-7-21(23)29-24(31)11-12-25(32)30-28-15-18-14-20(27)9-10-22(18)34-16-17-5-4-6-19(26)13-17/h2-10,13-15H,11-12,16H2,1H3,(H,29,31)(H,30,32). The Labute approximate surface area is 207 Å². The molecule has 3 rings (SSSR count). The van der Waals surface area contributed by atoms with Gasteiger partial charge >= 0.3 is 0 Å². The van der Waals surface area contributed by atoms with Gasteiger partial charge < -0.3 is 14.8 Å². The number of hydrogen-bond acceptors (Lipinski definition) is 5. The summed E-state index contributed by atoms with van der Waals surface area (Å²) in [7, 11) is 1.52. The van der Waals surface area contributed by atoms with Crippen molar-refractivity contribution in [3.05, 3.63) is 87.9 Å². The fraction of sp³-hybridized carbons (Fsp3) is 0.160. The molecule has 34 heavy (non-hydrogen) atoms. The minimum Gasteiger partial charge on any atom is -0.495 e. The summed E-state index contributed by atoms with van der Waals surface area (Å²) >= 11 is 12.1. The largest absolute Gasteiger partial charge is 0.495 e. The molecule has 0 bridgehead atoms. The normalized spacial score (nSPS) is 10.7. The molecule has 9 heteroatoms. The van der Waals surface area contributed by atoms with Crippen LogP contribution in [-0.4, -0.2) is 25.1 Å². The van der Waals surface area contributed by atoms with Crippen LogP contribution >= 0.6 is 23.2 Å². The van der Waals surface area contributed by atoms with Crippen molar-refractivity contribution in [2.45, 2.75) is 19.4 Å². The molecule has 0 aliphatic heterocycles. The fourth-order valence-corrected chi connectivity index (χ4v) is 3.35. The molecule has 0 radical (unpaired) electrons. The third-order valence-corrected chi connectivity index (χ3v) is 5.08. The second kappa shape index (κ2) is 12.6. The molecule has 3 aromatic rings. The highest BCUT2D eigenvalue weighted by atomic mass is 35.5. The van der Waals surface area contributed by atoms with Crippen LogP contribution in [0.3, 0.4) is 0 Å². The summed E-state index contributed by atoms with van der Waals surface area (Å²) < 4.78 is 11.1. The zero-order valence-electron chi connectivity index (χ0n) is 18.4. The van der Waals surface area contributed by atoms with Crippen LogP contribution in [0.4, 0.5) is 5.69 Å². The van der Waals surface area contributed by atoms with Crippen LogP contribution in [0.25, 0.3) is 0 Å². The second-order valence-corrected chi connectivity index (χ2v) is 8.02. The predicted molar refractivity (Wildman–Crippen MR) is 134 cm³/mol. The molecule has 0 atom stereocenters. The van der Waals surface area contributed by atoms with Gasteiger partial charge in [0, 0.05) is 28.5 Å². The van der Waals surface area contributed by atoms with Gasteiger partial charge in [-0.2, -0.15) is 5.10 Å². The van der Waals surface area contributed by atoms with Gasteiger partial charge in [0.05, 0.1) is 19.0 Å². The maximum atomic E-state index is 12.1. The van der Waals surface area contributed by atoms with Crippen molar-refractivity contribution in [3.8, 4) is 11.5 Å². The summed E-state index contributed by atoms with van der Waals surface area (Å²) in [6.45, 7) is 0.302. The molecule has 0 spiro atoms. The molecule has 0 heterocycles. The lowest BCUT2D eigenvalue weighted by Gasteiger charge is -2.10. The SMILES string of the molecule is COc1ccccc1NC(=O)CCC(=O)NN=Cc1cc(Cl)ccc1OCc1cccc(Cl)c1. The molecular weight excluding hydrogens is 477 g/mol. The Morgan fingerprint density at radius 1 is 0.912 bits per heavy atom. The molecule has 7 nitrogen and oxygen atoms in total. The summed E-state index contributed by atoms with van der Waals surface area (Å²) in [5.41, 5.74) is 4.45. The Balaban J connectivity index is 1.51. The van der Waals surface area contributed by atoms with E-state index in [1.807, 2.05) is 18.2 Å². The maximum absolute atomic E-state index is 12.1. The number of carbonyl (C=O) groups excluding carboxylic acids is 2.